The molecule has 4 fully saturated rings. The number of hydrogen-bond acceptors (Lipinski definition) is 6. The highest BCUT2D eigenvalue weighted by Crippen LogP contribution is 2.40. The molecule has 2 aromatic rings. The van der Waals surface area contributed by atoms with Gasteiger partial charge >= 0.3 is 12.1 Å². The SMILES string of the molecule is CC1CC1N(C(=O)OCCc1ccc(CO)cc1)C1CCN(CC2CN(C(C(=O)O)C3CCCCC3)CC2c2ccccc2)CC1. The fourth-order valence-electron chi connectivity index (χ4n) is 8.60. The minimum atomic E-state index is -0.652. The molecule has 0 spiro atoms. The summed E-state index contributed by atoms with van der Waals surface area (Å²) < 4.78 is 5.84. The fourth-order valence-corrected chi connectivity index (χ4v) is 8.60. The van der Waals surface area contributed by atoms with Crippen molar-refractivity contribution in [3.8, 4) is 0 Å². The first-order chi connectivity index (χ1) is 22.4. The van der Waals surface area contributed by atoms with E-state index >= 15 is 0 Å². The monoisotopic (exact) mass is 631 g/mol. The second-order valence-electron chi connectivity index (χ2n) is 14.5. The average molecular weight is 632 g/mol. The van der Waals surface area contributed by atoms with Crippen LogP contribution < -0.4 is 0 Å². The van der Waals surface area contributed by atoms with Crippen LogP contribution in [-0.4, -0.2) is 94.4 Å². The maximum atomic E-state index is 13.4. The number of carbonyl (C=O) groups is 2. The van der Waals surface area contributed by atoms with Gasteiger partial charge in [0.1, 0.15) is 6.04 Å². The quantitative estimate of drug-likeness (QED) is 0.307. The summed E-state index contributed by atoms with van der Waals surface area (Å²) in [6, 6.07) is 18.6. The molecule has 4 aliphatic rings. The zero-order chi connectivity index (χ0) is 32.0. The Hall–Kier alpha value is -2.94. The lowest BCUT2D eigenvalue weighted by molar-refractivity contribution is -0.145. The molecule has 0 bridgehead atoms. The van der Waals surface area contributed by atoms with Gasteiger partial charge in [0.25, 0.3) is 0 Å². The standard InChI is InChI=1S/C38H53N3O5/c1-27-22-35(27)41(38(45)46-21-18-28-12-14-29(26-42)15-13-28)33-16-19-39(20-17-33)23-32-24-40(25-34(32)30-8-4-2-5-9-30)36(37(43)44)31-10-6-3-7-11-31/h2,4-5,8-9,12-15,27,31-36,42H,3,6-7,10-11,16-26H2,1H3,(H,43,44). The van der Waals surface area contributed by atoms with Crippen LogP contribution in [0.5, 0.6) is 0 Å². The molecule has 5 unspecified atom stereocenters. The molecule has 5 atom stereocenters. The predicted octanol–water partition coefficient (Wildman–Crippen LogP) is 5.78. The Morgan fingerprint density at radius 1 is 0.935 bits per heavy atom. The molecule has 2 saturated carbocycles. The number of likely N-dealkylation sites (tertiary alicyclic amines) is 2. The summed E-state index contributed by atoms with van der Waals surface area (Å²) in [5.41, 5.74) is 3.29. The molecular formula is C38H53N3O5. The van der Waals surface area contributed by atoms with Crippen molar-refractivity contribution in [3.63, 3.8) is 0 Å². The molecule has 2 aromatic carbocycles. The number of piperidine rings is 1. The Labute approximate surface area is 274 Å². The Balaban J connectivity index is 1.06. The van der Waals surface area contributed by atoms with Crippen molar-refractivity contribution < 1.29 is 24.5 Å². The first kappa shape index (κ1) is 33.0. The number of carboxylic acids is 1. The smallest absolute Gasteiger partial charge is 0.410 e. The number of amides is 1. The van der Waals surface area contributed by atoms with Crippen LogP contribution in [0.15, 0.2) is 54.6 Å². The summed E-state index contributed by atoms with van der Waals surface area (Å²) in [4.78, 5) is 33.0. The molecule has 0 aromatic heterocycles. The van der Waals surface area contributed by atoms with E-state index in [1.807, 2.05) is 24.3 Å². The average Bonchev–Trinajstić information content (AvgIpc) is 3.65. The van der Waals surface area contributed by atoms with E-state index in [0.717, 1.165) is 88.8 Å². The lowest BCUT2D eigenvalue weighted by Gasteiger charge is -2.39. The third-order valence-corrected chi connectivity index (χ3v) is 11.3. The zero-order valence-electron chi connectivity index (χ0n) is 27.5. The molecular weight excluding hydrogens is 578 g/mol. The van der Waals surface area contributed by atoms with Crippen LogP contribution in [0.1, 0.15) is 80.9 Å². The Morgan fingerprint density at radius 3 is 2.24 bits per heavy atom. The van der Waals surface area contributed by atoms with Gasteiger partial charge in [-0.05, 0) is 66.5 Å². The van der Waals surface area contributed by atoms with Crippen LogP contribution in [0.3, 0.4) is 0 Å². The second-order valence-corrected chi connectivity index (χ2v) is 14.5. The van der Waals surface area contributed by atoms with Gasteiger partial charge in [0.05, 0.1) is 13.2 Å². The van der Waals surface area contributed by atoms with E-state index in [9.17, 15) is 19.8 Å². The lowest BCUT2D eigenvalue weighted by atomic mass is 9.83. The summed E-state index contributed by atoms with van der Waals surface area (Å²) in [7, 11) is 0. The largest absolute Gasteiger partial charge is 0.480 e. The maximum Gasteiger partial charge on any atom is 0.410 e. The molecule has 6 rings (SSSR count). The van der Waals surface area contributed by atoms with Gasteiger partial charge in [0, 0.05) is 57.1 Å². The molecule has 2 N–H and O–H groups in total. The highest BCUT2D eigenvalue weighted by Gasteiger charge is 2.46. The van der Waals surface area contributed by atoms with Crippen LogP contribution in [0.4, 0.5) is 4.79 Å². The fraction of sp³-hybridized carbons (Fsp3) is 0.632. The minimum absolute atomic E-state index is 0.0287. The van der Waals surface area contributed by atoms with Crippen LogP contribution in [0.25, 0.3) is 0 Å². The van der Waals surface area contributed by atoms with Crippen molar-refractivity contribution >= 4 is 12.1 Å². The maximum absolute atomic E-state index is 13.4. The Bertz CT molecular complexity index is 1280. The number of rotatable bonds is 12. The van der Waals surface area contributed by atoms with Crippen LogP contribution >= 0.6 is 0 Å². The molecule has 8 heteroatoms. The summed E-state index contributed by atoms with van der Waals surface area (Å²) in [5, 5.41) is 19.7. The minimum Gasteiger partial charge on any atom is -0.480 e. The number of carbonyl (C=O) groups excluding carboxylic acids is 1. The van der Waals surface area contributed by atoms with E-state index in [-0.39, 0.29) is 36.7 Å². The highest BCUT2D eigenvalue weighted by atomic mass is 16.6. The van der Waals surface area contributed by atoms with E-state index in [0.29, 0.717) is 30.8 Å². The lowest BCUT2D eigenvalue weighted by Crippen LogP contribution is -2.50. The number of benzene rings is 2. The molecule has 8 nitrogen and oxygen atoms in total. The van der Waals surface area contributed by atoms with Gasteiger partial charge in [-0.2, -0.15) is 0 Å². The summed E-state index contributed by atoms with van der Waals surface area (Å²) in [6.07, 6.45) is 8.96. The first-order valence-corrected chi connectivity index (χ1v) is 17.8. The number of aliphatic carboxylic acids is 1. The molecule has 0 radical (unpaired) electrons. The molecule has 2 saturated heterocycles. The molecule has 2 heterocycles. The van der Waals surface area contributed by atoms with E-state index in [2.05, 4.69) is 52.0 Å². The number of aliphatic hydroxyl groups is 1. The van der Waals surface area contributed by atoms with E-state index in [1.165, 1.54) is 12.0 Å². The van der Waals surface area contributed by atoms with E-state index < -0.39 is 5.97 Å². The predicted molar refractivity (Wildman–Crippen MR) is 179 cm³/mol. The second kappa shape index (κ2) is 15.3. The number of hydrogen-bond donors (Lipinski definition) is 2. The third-order valence-electron chi connectivity index (χ3n) is 11.3. The van der Waals surface area contributed by atoms with Crippen molar-refractivity contribution in [1.82, 2.24) is 14.7 Å². The van der Waals surface area contributed by atoms with Gasteiger partial charge < -0.3 is 24.7 Å². The van der Waals surface area contributed by atoms with Gasteiger partial charge in [0.15, 0.2) is 0 Å². The Kier molecular flexibility index (Phi) is 11.0. The molecule has 250 valence electrons. The summed E-state index contributed by atoms with van der Waals surface area (Å²) in [6.45, 7) is 7.07. The number of carboxylic acid groups (broad SMARTS) is 1. The van der Waals surface area contributed by atoms with Crippen LogP contribution in [0.2, 0.25) is 0 Å². The van der Waals surface area contributed by atoms with Crippen molar-refractivity contribution in [2.24, 2.45) is 17.8 Å². The van der Waals surface area contributed by atoms with Crippen molar-refractivity contribution in [2.45, 2.75) is 95.4 Å². The summed E-state index contributed by atoms with van der Waals surface area (Å²) >= 11 is 0. The van der Waals surface area contributed by atoms with Gasteiger partial charge in [-0.3, -0.25) is 9.69 Å². The molecule has 2 aliphatic carbocycles. The number of ether oxygens (including phenoxy) is 1. The topological polar surface area (TPSA) is 93.6 Å². The van der Waals surface area contributed by atoms with Crippen molar-refractivity contribution in [3.05, 3.63) is 71.3 Å². The number of aliphatic hydroxyl groups excluding tert-OH is 1. The van der Waals surface area contributed by atoms with Gasteiger partial charge in [-0.1, -0.05) is 80.8 Å². The molecule has 46 heavy (non-hydrogen) atoms. The number of nitrogens with zero attached hydrogens (tertiary/aromatic N) is 3. The van der Waals surface area contributed by atoms with Crippen LogP contribution in [0, 0.1) is 17.8 Å². The van der Waals surface area contributed by atoms with Crippen molar-refractivity contribution in [1.29, 1.82) is 0 Å². The van der Waals surface area contributed by atoms with Gasteiger partial charge in [-0.15, -0.1) is 0 Å². The van der Waals surface area contributed by atoms with E-state index in [4.69, 9.17) is 4.74 Å². The van der Waals surface area contributed by atoms with Gasteiger partial charge in [0.2, 0.25) is 0 Å². The van der Waals surface area contributed by atoms with Gasteiger partial charge in [-0.25, -0.2) is 4.79 Å². The van der Waals surface area contributed by atoms with Crippen molar-refractivity contribution in [2.75, 3.05) is 39.3 Å². The zero-order valence-corrected chi connectivity index (χ0v) is 27.5. The third kappa shape index (κ3) is 7.95. The Morgan fingerprint density at radius 2 is 1.61 bits per heavy atom. The molecule has 1 amide bonds. The van der Waals surface area contributed by atoms with Crippen LogP contribution in [-0.2, 0) is 22.6 Å². The normalized spacial score (nSPS) is 26.9. The summed E-state index contributed by atoms with van der Waals surface area (Å²) in [5.74, 6) is 0.808. The highest BCUT2D eigenvalue weighted by molar-refractivity contribution is 5.74. The van der Waals surface area contributed by atoms with E-state index in [1.54, 1.807) is 0 Å². The molecule has 2 aliphatic heterocycles. The first-order valence-electron chi connectivity index (χ1n) is 17.8.